The van der Waals surface area contributed by atoms with Gasteiger partial charge in [0.05, 0.1) is 17.4 Å². The maximum absolute atomic E-state index is 12.0. The van der Waals surface area contributed by atoms with Crippen LogP contribution in [0.3, 0.4) is 0 Å². The average Bonchev–Trinajstić information content (AvgIpc) is 2.80. The van der Waals surface area contributed by atoms with E-state index in [4.69, 9.17) is 0 Å². The predicted molar refractivity (Wildman–Crippen MR) is 79.7 cm³/mol. The summed E-state index contributed by atoms with van der Waals surface area (Å²) >= 11 is 0. The van der Waals surface area contributed by atoms with Crippen molar-refractivity contribution in [3.63, 3.8) is 0 Å². The van der Waals surface area contributed by atoms with E-state index in [1.165, 1.54) is 0 Å². The van der Waals surface area contributed by atoms with Gasteiger partial charge in [-0.05, 0) is 31.0 Å². The molecule has 21 heavy (non-hydrogen) atoms. The van der Waals surface area contributed by atoms with Gasteiger partial charge in [0.1, 0.15) is 0 Å². The Kier molecular flexibility index (Phi) is 3.60. The van der Waals surface area contributed by atoms with Crippen molar-refractivity contribution in [3.8, 4) is 0 Å². The van der Waals surface area contributed by atoms with Crippen molar-refractivity contribution < 1.29 is 9.59 Å². The molecule has 1 aromatic heterocycles. The molecular weight excluding hydrogens is 268 g/mol. The van der Waals surface area contributed by atoms with Gasteiger partial charge in [-0.25, -0.2) is 4.98 Å². The Hall–Kier alpha value is -2.37. The SMILES string of the molecule is Cn1cnc2cc(NC(=O)CC3CCCC(=O)N3)ccc21. The molecule has 0 saturated carbocycles. The molecule has 1 atom stereocenters. The molecule has 2 N–H and O–H groups in total. The number of benzene rings is 1. The highest BCUT2D eigenvalue weighted by atomic mass is 16.2. The van der Waals surface area contributed by atoms with Crippen LogP contribution in [0.1, 0.15) is 25.7 Å². The second-order valence-electron chi connectivity index (χ2n) is 5.47. The van der Waals surface area contributed by atoms with Crippen LogP contribution in [0.15, 0.2) is 24.5 Å². The summed E-state index contributed by atoms with van der Waals surface area (Å²) in [5.41, 5.74) is 2.60. The maximum atomic E-state index is 12.0. The lowest BCUT2D eigenvalue weighted by atomic mass is 10.0. The fourth-order valence-electron chi connectivity index (χ4n) is 2.68. The maximum Gasteiger partial charge on any atom is 0.226 e. The van der Waals surface area contributed by atoms with Gasteiger partial charge in [0.15, 0.2) is 0 Å². The zero-order valence-electron chi connectivity index (χ0n) is 11.9. The summed E-state index contributed by atoms with van der Waals surface area (Å²) in [7, 11) is 1.93. The summed E-state index contributed by atoms with van der Waals surface area (Å²) < 4.78 is 1.93. The quantitative estimate of drug-likeness (QED) is 0.899. The minimum Gasteiger partial charge on any atom is -0.353 e. The van der Waals surface area contributed by atoms with Gasteiger partial charge < -0.3 is 15.2 Å². The van der Waals surface area contributed by atoms with Crippen molar-refractivity contribution in [1.29, 1.82) is 0 Å². The minimum atomic E-state index is -0.0857. The van der Waals surface area contributed by atoms with Crippen molar-refractivity contribution in [2.24, 2.45) is 7.05 Å². The number of fused-ring (bicyclic) bond motifs is 1. The number of nitrogens with one attached hydrogen (secondary N) is 2. The molecule has 1 aromatic carbocycles. The van der Waals surface area contributed by atoms with Gasteiger partial charge in [0.25, 0.3) is 0 Å². The number of hydrogen-bond acceptors (Lipinski definition) is 3. The fraction of sp³-hybridized carbons (Fsp3) is 0.400. The third-order valence-electron chi connectivity index (χ3n) is 3.76. The van der Waals surface area contributed by atoms with E-state index in [2.05, 4.69) is 15.6 Å². The van der Waals surface area contributed by atoms with Gasteiger partial charge in [0.2, 0.25) is 11.8 Å². The first-order valence-corrected chi connectivity index (χ1v) is 7.12. The number of anilines is 1. The van der Waals surface area contributed by atoms with E-state index in [0.29, 0.717) is 12.8 Å². The molecule has 6 heteroatoms. The van der Waals surface area contributed by atoms with Crippen molar-refractivity contribution in [2.45, 2.75) is 31.7 Å². The molecule has 2 heterocycles. The van der Waals surface area contributed by atoms with Crippen molar-refractivity contribution >= 4 is 28.5 Å². The molecule has 1 fully saturated rings. The Labute approximate surface area is 122 Å². The number of hydrogen-bond donors (Lipinski definition) is 2. The summed E-state index contributed by atoms with van der Waals surface area (Å²) in [5.74, 6) is -0.0496. The molecule has 0 bridgehead atoms. The van der Waals surface area contributed by atoms with Crippen molar-refractivity contribution in [1.82, 2.24) is 14.9 Å². The Balaban J connectivity index is 1.64. The summed E-state index contributed by atoms with van der Waals surface area (Å²) in [6, 6.07) is 5.60. The second kappa shape index (κ2) is 5.55. The van der Waals surface area contributed by atoms with Crippen LogP contribution >= 0.6 is 0 Å². The number of amides is 2. The Morgan fingerprint density at radius 2 is 2.38 bits per heavy atom. The molecular formula is C15H18N4O2. The lowest BCUT2D eigenvalue weighted by Crippen LogP contribution is -2.40. The van der Waals surface area contributed by atoms with Crippen LogP contribution in [0.5, 0.6) is 0 Å². The summed E-state index contributed by atoms with van der Waals surface area (Å²) in [6.07, 6.45) is 4.33. The molecule has 1 saturated heterocycles. The third kappa shape index (κ3) is 3.04. The molecule has 0 radical (unpaired) electrons. The van der Waals surface area contributed by atoms with Crippen molar-refractivity contribution in [2.75, 3.05) is 5.32 Å². The van der Waals surface area contributed by atoms with Crippen LogP contribution in [0.25, 0.3) is 11.0 Å². The Bertz CT molecular complexity index is 692. The number of piperidine rings is 1. The van der Waals surface area contributed by atoms with Crippen LogP contribution in [0.4, 0.5) is 5.69 Å². The number of aromatic nitrogens is 2. The smallest absolute Gasteiger partial charge is 0.226 e. The number of rotatable bonds is 3. The lowest BCUT2D eigenvalue weighted by Gasteiger charge is -2.22. The average molecular weight is 286 g/mol. The molecule has 2 aromatic rings. The molecule has 1 aliphatic rings. The molecule has 1 aliphatic heterocycles. The van der Waals surface area contributed by atoms with E-state index in [9.17, 15) is 9.59 Å². The molecule has 0 aliphatic carbocycles. The van der Waals surface area contributed by atoms with Gasteiger partial charge in [-0.2, -0.15) is 0 Å². The highest BCUT2D eigenvalue weighted by Gasteiger charge is 2.20. The Morgan fingerprint density at radius 3 is 3.19 bits per heavy atom. The van der Waals surface area contributed by atoms with Gasteiger partial charge in [-0.3, -0.25) is 9.59 Å². The Morgan fingerprint density at radius 1 is 1.52 bits per heavy atom. The van der Waals surface area contributed by atoms with Gasteiger partial charge in [-0.15, -0.1) is 0 Å². The minimum absolute atomic E-state index is 0.0361. The zero-order chi connectivity index (χ0) is 14.8. The van der Waals surface area contributed by atoms with E-state index < -0.39 is 0 Å². The predicted octanol–water partition coefficient (Wildman–Crippen LogP) is 1.57. The first-order chi connectivity index (χ1) is 10.1. The van der Waals surface area contributed by atoms with Gasteiger partial charge >= 0.3 is 0 Å². The van der Waals surface area contributed by atoms with Crippen LogP contribution in [0.2, 0.25) is 0 Å². The van der Waals surface area contributed by atoms with E-state index >= 15 is 0 Å². The van der Waals surface area contributed by atoms with Crippen molar-refractivity contribution in [3.05, 3.63) is 24.5 Å². The van der Waals surface area contributed by atoms with E-state index in [0.717, 1.165) is 29.6 Å². The first kappa shape index (κ1) is 13.6. The van der Waals surface area contributed by atoms with E-state index in [-0.39, 0.29) is 17.9 Å². The van der Waals surface area contributed by atoms with Crippen LogP contribution in [0, 0.1) is 0 Å². The lowest BCUT2D eigenvalue weighted by molar-refractivity contribution is -0.124. The fourth-order valence-corrected chi connectivity index (χ4v) is 2.68. The van der Waals surface area contributed by atoms with Crippen LogP contribution < -0.4 is 10.6 Å². The topological polar surface area (TPSA) is 76.0 Å². The number of aryl methyl sites for hydroxylation is 1. The normalized spacial score (nSPS) is 18.5. The molecule has 0 spiro atoms. The van der Waals surface area contributed by atoms with E-state index in [1.807, 2.05) is 29.8 Å². The number of carbonyl (C=O) groups excluding carboxylic acids is 2. The van der Waals surface area contributed by atoms with Crippen LogP contribution in [-0.2, 0) is 16.6 Å². The first-order valence-electron chi connectivity index (χ1n) is 7.12. The largest absolute Gasteiger partial charge is 0.353 e. The molecule has 1 unspecified atom stereocenters. The number of imidazole rings is 1. The standard InChI is InChI=1S/C15H18N4O2/c1-19-9-16-12-7-11(5-6-13(12)19)18-15(21)8-10-3-2-4-14(20)17-10/h5-7,9-10H,2-4,8H2,1H3,(H,17,20)(H,18,21). The molecule has 6 nitrogen and oxygen atoms in total. The highest BCUT2D eigenvalue weighted by Crippen LogP contribution is 2.18. The molecule has 2 amide bonds. The number of carbonyl (C=O) groups is 2. The summed E-state index contributed by atoms with van der Waals surface area (Å²) in [6.45, 7) is 0. The number of nitrogens with zero attached hydrogens (tertiary/aromatic N) is 2. The van der Waals surface area contributed by atoms with Gasteiger partial charge in [-0.1, -0.05) is 0 Å². The molecule has 3 rings (SSSR count). The third-order valence-corrected chi connectivity index (χ3v) is 3.76. The molecule has 110 valence electrons. The highest BCUT2D eigenvalue weighted by molar-refractivity contribution is 5.93. The summed E-state index contributed by atoms with van der Waals surface area (Å²) in [5, 5.41) is 5.72. The monoisotopic (exact) mass is 286 g/mol. The van der Waals surface area contributed by atoms with Crippen LogP contribution in [-0.4, -0.2) is 27.4 Å². The van der Waals surface area contributed by atoms with Gasteiger partial charge in [0, 0.05) is 31.6 Å². The summed E-state index contributed by atoms with van der Waals surface area (Å²) in [4.78, 5) is 27.6. The van der Waals surface area contributed by atoms with E-state index in [1.54, 1.807) is 6.33 Å². The second-order valence-corrected chi connectivity index (χ2v) is 5.47. The zero-order valence-corrected chi connectivity index (χ0v) is 11.9.